The van der Waals surface area contributed by atoms with E-state index >= 15 is 0 Å². The van der Waals surface area contributed by atoms with E-state index in [0.29, 0.717) is 16.9 Å². The van der Waals surface area contributed by atoms with Crippen molar-refractivity contribution in [1.82, 2.24) is 5.32 Å². The minimum absolute atomic E-state index is 0.0516. The molecule has 0 spiro atoms. The molecule has 6 nitrogen and oxygen atoms in total. The lowest BCUT2D eigenvalue weighted by atomic mass is 10.2. The molecule has 164 valence electrons. The molecule has 0 unspecified atom stereocenters. The van der Waals surface area contributed by atoms with Crippen molar-refractivity contribution in [3.8, 4) is 0 Å². The summed E-state index contributed by atoms with van der Waals surface area (Å²) in [5, 5.41) is 5.37. The molecule has 0 heterocycles. The van der Waals surface area contributed by atoms with Crippen molar-refractivity contribution in [3.63, 3.8) is 0 Å². The van der Waals surface area contributed by atoms with Gasteiger partial charge in [0.2, 0.25) is 5.91 Å². The number of rotatable bonds is 6. The number of carbonyl (C=O) groups excluding carboxylic acids is 1. The highest BCUT2D eigenvalue weighted by atomic mass is 32.2. The van der Waals surface area contributed by atoms with Gasteiger partial charge in [-0.05, 0) is 72.4 Å². The zero-order valence-corrected chi connectivity index (χ0v) is 18.7. The number of thiocarbonyl (C=S) groups is 1. The van der Waals surface area contributed by atoms with Gasteiger partial charge in [0.05, 0.1) is 10.6 Å². The van der Waals surface area contributed by atoms with E-state index in [1.807, 2.05) is 6.07 Å². The van der Waals surface area contributed by atoms with Gasteiger partial charge in [-0.15, -0.1) is 0 Å². The van der Waals surface area contributed by atoms with Crippen LogP contribution >= 0.6 is 12.2 Å². The lowest BCUT2D eigenvalue weighted by molar-refractivity contribution is -0.115. The van der Waals surface area contributed by atoms with Gasteiger partial charge in [-0.1, -0.05) is 30.3 Å². The summed E-state index contributed by atoms with van der Waals surface area (Å²) in [5.41, 5.74) is 1.73. The van der Waals surface area contributed by atoms with Crippen LogP contribution in [0.25, 0.3) is 6.08 Å². The number of amides is 1. The number of sulfonamides is 1. The molecule has 0 aliphatic heterocycles. The highest BCUT2D eigenvalue weighted by molar-refractivity contribution is 7.92. The molecular formula is C23H20FN3O3S2. The Morgan fingerprint density at radius 1 is 0.969 bits per heavy atom. The van der Waals surface area contributed by atoms with Crippen molar-refractivity contribution in [3.05, 3.63) is 96.3 Å². The van der Waals surface area contributed by atoms with Gasteiger partial charge < -0.3 is 5.32 Å². The van der Waals surface area contributed by atoms with Crippen LogP contribution in [-0.4, -0.2) is 26.5 Å². The summed E-state index contributed by atoms with van der Waals surface area (Å²) in [7, 11) is -2.24. The number of anilines is 2. The molecule has 0 aliphatic carbocycles. The van der Waals surface area contributed by atoms with Crippen molar-refractivity contribution < 1.29 is 17.6 Å². The lowest BCUT2D eigenvalue weighted by Gasteiger charge is -2.19. The highest BCUT2D eigenvalue weighted by Crippen LogP contribution is 2.22. The van der Waals surface area contributed by atoms with E-state index < -0.39 is 15.9 Å². The fourth-order valence-electron chi connectivity index (χ4n) is 2.71. The molecule has 0 saturated heterocycles. The molecule has 32 heavy (non-hydrogen) atoms. The molecule has 0 radical (unpaired) electrons. The summed E-state index contributed by atoms with van der Waals surface area (Å²) >= 11 is 5.12. The van der Waals surface area contributed by atoms with E-state index in [1.54, 1.807) is 48.5 Å². The lowest BCUT2D eigenvalue weighted by Crippen LogP contribution is -2.32. The van der Waals surface area contributed by atoms with Crippen LogP contribution in [0.5, 0.6) is 0 Å². The molecule has 0 aliphatic rings. The molecular weight excluding hydrogens is 449 g/mol. The third-order valence-corrected chi connectivity index (χ3v) is 6.43. The van der Waals surface area contributed by atoms with Crippen LogP contribution in [0.2, 0.25) is 0 Å². The van der Waals surface area contributed by atoms with Crippen molar-refractivity contribution >= 4 is 50.7 Å². The fraction of sp³-hybridized carbons (Fsp3) is 0.0435. The Morgan fingerprint density at radius 3 is 2.22 bits per heavy atom. The molecule has 0 aromatic heterocycles. The molecule has 3 aromatic carbocycles. The second-order valence-corrected chi connectivity index (χ2v) is 9.04. The first-order valence-corrected chi connectivity index (χ1v) is 11.3. The Morgan fingerprint density at radius 2 is 1.59 bits per heavy atom. The topological polar surface area (TPSA) is 78.5 Å². The summed E-state index contributed by atoms with van der Waals surface area (Å²) in [4.78, 5) is 12.1. The number of carbonyl (C=O) groups is 1. The van der Waals surface area contributed by atoms with Crippen LogP contribution in [-0.2, 0) is 14.8 Å². The Labute approximate surface area is 191 Å². The molecule has 9 heteroatoms. The largest absolute Gasteiger partial charge is 0.332 e. The molecule has 2 N–H and O–H groups in total. The summed E-state index contributed by atoms with van der Waals surface area (Å²) in [6.45, 7) is 0. The number of hydrogen-bond donors (Lipinski definition) is 2. The normalized spacial score (nSPS) is 11.2. The molecule has 3 rings (SSSR count). The number of para-hydroxylation sites is 1. The van der Waals surface area contributed by atoms with E-state index in [9.17, 15) is 17.6 Å². The molecule has 0 fully saturated rings. The van der Waals surface area contributed by atoms with Gasteiger partial charge in [0.15, 0.2) is 5.11 Å². The zero-order valence-electron chi connectivity index (χ0n) is 17.0. The quantitative estimate of drug-likeness (QED) is 0.418. The number of nitrogens with one attached hydrogen (secondary N) is 2. The third kappa shape index (κ3) is 5.99. The predicted octanol–water partition coefficient (Wildman–Crippen LogP) is 4.18. The van der Waals surface area contributed by atoms with Gasteiger partial charge in [0.1, 0.15) is 5.82 Å². The van der Waals surface area contributed by atoms with E-state index in [1.165, 1.54) is 47.8 Å². The molecule has 0 saturated carbocycles. The van der Waals surface area contributed by atoms with Crippen LogP contribution in [0, 0.1) is 5.82 Å². The first kappa shape index (κ1) is 23.1. The Bertz CT molecular complexity index is 1230. The van der Waals surface area contributed by atoms with Crippen molar-refractivity contribution in [2.24, 2.45) is 0 Å². The Kier molecular flexibility index (Phi) is 7.34. The Hall–Kier alpha value is -3.56. The Balaban J connectivity index is 1.59. The van der Waals surface area contributed by atoms with E-state index in [-0.39, 0.29) is 15.8 Å². The van der Waals surface area contributed by atoms with E-state index in [2.05, 4.69) is 10.6 Å². The average molecular weight is 470 g/mol. The second kappa shape index (κ2) is 10.2. The first-order chi connectivity index (χ1) is 15.3. The number of nitrogens with zero attached hydrogens (tertiary/aromatic N) is 1. The second-order valence-electron chi connectivity index (χ2n) is 6.66. The molecule has 0 atom stereocenters. The van der Waals surface area contributed by atoms with Crippen LogP contribution < -0.4 is 14.9 Å². The monoisotopic (exact) mass is 469 g/mol. The van der Waals surface area contributed by atoms with Crippen molar-refractivity contribution in [1.29, 1.82) is 0 Å². The van der Waals surface area contributed by atoms with Gasteiger partial charge in [0, 0.05) is 18.8 Å². The summed E-state index contributed by atoms with van der Waals surface area (Å²) in [5.74, 6) is -0.821. The highest BCUT2D eigenvalue weighted by Gasteiger charge is 2.21. The van der Waals surface area contributed by atoms with Crippen LogP contribution in [0.1, 0.15) is 5.56 Å². The maximum Gasteiger partial charge on any atom is 0.264 e. The van der Waals surface area contributed by atoms with Gasteiger partial charge >= 0.3 is 0 Å². The summed E-state index contributed by atoms with van der Waals surface area (Å²) in [6.07, 6.45) is 2.80. The summed E-state index contributed by atoms with van der Waals surface area (Å²) in [6, 6.07) is 20.4. The van der Waals surface area contributed by atoms with Crippen molar-refractivity contribution in [2.45, 2.75) is 4.90 Å². The standard InChI is InChI=1S/C23H20FN3O3S2/c1-27(20-5-3-2-4-6-20)32(29,30)21-14-12-19(13-15-21)25-23(31)26-22(28)16-9-17-7-10-18(24)11-8-17/h2-16H,1H3,(H2,25,26,28,31)/b16-9-. The maximum absolute atomic E-state index is 12.9. The minimum Gasteiger partial charge on any atom is -0.332 e. The molecule has 1 amide bonds. The van der Waals surface area contributed by atoms with E-state index in [0.717, 1.165) is 0 Å². The van der Waals surface area contributed by atoms with Gasteiger partial charge in [-0.25, -0.2) is 12.8 Å². The smallest absolute Gasteiger partial charge is 0.264 e. The van der Waals surface area contributed by atoms with E-state index in [4.69, 9.17) is 12.2 Å². The third-order valence-electron chi connectivity index (χ3n) is 4.42. The first-order valence-electron chi connectivity index (χ1n) is 9.45. The van der Waals surface area contributed by atoms with Crippen LogP contribution in [0.15, 0.2) is 89.8 Å². The van der Waals surface area contributed by atoms with Crippen LogP contribution in [0.4, 0.5) is 15.8 Å². The van der Waals surface area contributed by atoms with Gasteiger partial charge in [-0.3, -0.25) is 14.4 Å². The van der Waals surface area contributed by atoms with Gasteiger partial charge in [0.25, 0.3) is 10.0 Å². The predicted molar refractivity (Wildman–Crippen MR) is 128 cm³/mol. The average Bonchev–Trinajstić information content (AvgIpc) is 2.79. The fourth-order valence-corrected chi connectivity index (χ4v) is 4.12. The maximum atomic E-state index is 12.9. The number of hydrogen-bond acceptors (Lipinski definition) is 4. The number of benzene rings is 3. The number of halogens is 1. The van der Waals surface area contributed by atoms with Crippen molar-refractivity contribution in [2.75, 3.05) is 16.7 Å². The SMILES string of the molecule is CN(c1ccccc1)S(=O)(=O)c1ccc(NC(=S)NC(=O)/C=C\c2ccc(F)cc2)cc1. The zero-order chi connectivity index (χ0) is 23.1. The van der Waals surface area contributed by atoms with Gasteiger partial charge in [-0.2, -0.15) is 0 Å². The summed E-state index contributed by atoms with van der Waals surface area (Å²) < 4.78 is 39.7. The minimum atomic E-state index is -3.72. The van der Waals surface area contributed by atoms with Crippen LogP contribution in [0.3, 0.4) is 0 Å². The molecule has 3 aromatic rings. The molecule has 0 bridgehead atoms.